The first kappa shape index (κ1) is 21.3. The molecule has 0 saturated carbocycles. The number of benzene rings is 1. The van der Waals surface area contributed by atoms with Crippen LogP contribution >= 0.6 is 0 Å². The molecule has 158 valence electrons. The Morgan fingerprint density at radius 2 is 1.90 bits per heavy atom. The summed E-state index contributed by atoms with van der Waals surface area (Å²) in [6, 6.07) is 10.1. The van der Waals surface area contributed by atoms with E-state index < -0.39 is 10.0 Å². The van der Waals surface area contributed by atoms with E-state index in [-0.39, 0.29) is 5.75 Å². The first-order valence-electron chi connectivity index (χ1n) is 9.78. The number of rotatable bonds is 6. The largest absolute Gasteiger partial charge is 0.364 e. The molecule has 1 unspecified atom stereocenters. The SMILES string of the molecule is CN=C(NCC(C)c1ccc(C)cc1)N1CCN(S(=O)(=O)Cc2ccon2)CC1. The molecular formula is C20H29N5O3S. The van der Waals surface area contributed by atoms with Gasteiger partial charge in [0.15, 0.2) is 5.96 Å². The molecule has 1 saturated heterocycles. The van der Waals surface area contributed by atoms with Crippen molar-refractivity contribution >= 4 is 16.0 Å². The summed E-state index contributed by atoms with van der Waals surface area (Å²) in [5.74, 6) is 1.01. The van der Waals surface area contributed by atoms with Gasteiger partial charge in [-0.05, 0) is 18.4 Å². The van der Waals surface area contributed by atoms with E-state index in [4.69, 9.17) is 4.52 Å². The van der Waals surface area contributed by atoms with E-state index in [0.29, 0.717) is 37.8 Å². The fourth-order valence-electron chi connectivity index (χ4n) is 3.36. The van der Waals surface area contributed by atoms with Crippen molar-refractivity contribution < 1.29 is 12.9 Å². The van der Waals surface area contributed by atoms with Crippen LogP contribution in [0.25, 0.3) is 0 Å². The first-order chi connectivity index (χ1) is 13.9. The molecule has 0 amide bonds. The molecule has 8 nitrogen and oxygen atoms in total. The third kappa shape index (κ3) is 5.57. The van der Waals surface area contributed by atoms with Gasteiger partial charge in [-0.1, -0.05) is 41.9 Å². The molecule has 1 aromatic carbocycles. The van der Waals surface area contributed by atoms with E-state index in [2.05, 4.69) is 58.5 Å². The van der Waals surface area contributed by atoms with E-state index in [1.54, 1.807) is 13.1 Å². The predicted octanol–water partition coefficient (Wildman–Crippen LogP) is 1.81. The minimum atomic E-state index is -3.40. The van der Waals surface area contributed by atoms with Crippen LogP contribution in [0.1, 0.15) is 29.7 Å². The molecule has 1 atom stereocenters. The maximum Gasteiger partial charge on any atom is 0.220 e. The Hall–Kier alpha value is -2.39. The van der Waals surface area contributed by atoms with Crippen LogP contribution in [0, 0.1) is 6.92 Å². The zero-order valence-corrected chi connectivity index (χ0v) is 18.0. The summed E-state index contributed by atoms with van der Waals surface area (Å²) in [6.45, 7) is 7.07. The van der Waals surface area contributed by atoms with E-state index in [1.165, 1.54) is 21.7 Å². The second kappa shape index (κ2) is 9.41. The zero-order valence-electron chi connectivity index (χ0n) is 17.2. The average molecular weight is 420 g/mol. The molecule has 0 spiro atoms. The summed E-state index contributed by atoms with van der Waals surface area (Å²) in [5, 5.41) is 7.13. The van der Waals surface area contributed by atoms with Crippen LogP contribution in [0.15, 0.2) is 46.1 Å². The molecule has 1 aromatic heterocycles. The summed E-state index contributed by atoms with van der Waals surface area (Å²) < 4.78 is 31.4. The Morgan fingerprint density at radius 1 is 1.21 bits per heavy atom. The molecule has 0 bridgehead atoms. The van der Waals surface area contributed by atoms with Crippen LogP contribution in [0.5, 0.6) is 0 Å². The second-order valence-electron chi connectivity index (χ2n) is 7.37. The standard InChI is InChI=1S/C20H29N5O3S/c1-16-4-6-18(7-5-16)17(2)14-22-20(21-3)24-9-11-25(12-10-24)29(26,27)15-19-8-13-28-23-19/h4-8,13,17H,9-12,14-15H2,1-3H3,(H,21,22). The quantitative estimate of drug-likeness (QED) is 0.567. The Kier molecular flexibility index (Phi) is 6.92. The maximum absolute atomic E-state index is 12.6. The molecule has 1 N–H and O–H groups in total. The third-order valence-electron chi connectivity index (χ3n) is 5.18. The van der Waals surface area contributed by atoms with Crippen LogP contribution in [-0.2, 0) is 15.8 Å². The van der Waals surface area contributed by atoms with E-state index >= 15 is 0 Å². The van der Waals surface area contributed by atoms with Crippen LogP contribution < -0.4 is 5.32 Å². The van der Waals surface area contributed by atoms with Crippen molar-refractivity contribution in [2.75, 3.05) is 39.8 Å². The third-order valence-corrected chi connectivity index (χ3v) is 6.99. The highest BCUT2D eigenvalue weighted by atomic mass is 32.2. The summed E-state index contributed by atoms with van der Waals surface area (Å²) in [6.07, 6.45) is 1.38. The van der Waals surface area contributed by atoms with Gasteiger partial charge in [-0.3, -0.25) is 4.99 Å². The number of hydrogen-bond acceptors (Lipinski definition) is 5. The summed E-state index contributed by atoms with van der Waals surface area (Å²) in [4.78, 5) is 6.48. The maximum atomic E-state index is 12.6. The Labute approximate surface area is 172 Å². The average Bonchev–Trinajstić information content (AvgIpc) is 3.21. The van der Waals surface area contributed by atoms with Crippen molar-refractivity contribution in [2.45, 2.75) is 25.5 Å². The molecule has 2 heterocycles. The highest BCUT2D eigenvalue weighted by Crippen LogP contribution is 2.16. The smallest absolute Gasteiger partial charge is 0.220 e. The topological polar surface area (TPSA) is 91.0 Å². The lowest BCUT2D eigenvalue weighted by molar-refractivity contribution is 0.259. The number of aromatic nitrogens is 1. The minimum absolute atomic E-state index is 0.134. The lowest BCUT2D eigenvalue weighted by atomic mass is 10.0. The van der Waals surface area contributed by atoms with Gasteiger partial charge in [-0.2, -0.15) is 4.31 Å². The number of guanidine groups is 1. The van der Waals surface area contributed by atoms with Crippen molar-refractivity contribution in [3.8, 4) is 0 Å². The molecule has 0 radical (unpaired) electrons. The number of piperazine rings is 1. The molecule has 1 aliphatic rings. The van der Waals surface area contributed by atoms with Gasteiger partial charge < -0.3 is 14.7 Å². The molecule has 3 rings (SSSR count). The lowest BCUT2D eigenvalue weighted by Crippen LogP contribution is -2.54. The van der Waals surface area contributed by atoms with Gasteiger partial charge >= 0.3 is 0 Å². The summed E-state index contributed by atoms with van der Waals surface area (Å²) >= 11 is 0. The fraction of sp³-hybridized carbons (Fsp3) is 0.500. The number of nitrogens with one attached hydrogen (secondary N) is 1. The lowest BCUT2D eigenvalue weighted by Gasteiger charge is -2.36. The van der Waals surface area contributed by atoms with Gasteiger partial charge in [0.25, 0.3) is 0 Å². The molecular weight excluding hydrogens is 390 g/mol. The van der Waals surface area contributed by atoms with Crippen molar-refractivity contribution in [1.29, 1.82) is 0 Å². The van der Waals surface area contributed by atoms with Crippen LogP contribution in [-0.4, -0.2) is 68.5 Å². The van der Waals surface area contributed by atoms with Gasteiger partial charge in [-0.15, -0.1) is 0 Å². The van der Waals surface area contributed by atoms with Gasteiger partial charge in [0, 0.05) is 45.8 Å². The fourth-order valence-corrected chi connectivity index (χ4v) is 4.78. The van der Waals surface area contributed by atoms with E-state index in [1.807, 2.05) is 0 Å². The number of aryl methyl sites for hydroxylation is 1. The molecule has 1 fully saturated rings. The Bertz CT molecular complexity index is 902. The summed E-state index contributed by atoms with van der Waals surface area (Å²) in [7, 11) is -1.65. The molecule has 2 aromatic rings. The molecule has 0 aliphatic carbocycles. The van der Waals surface area contributed by atoms with E-state index in [9.17, 15) is 8.42 Å². The van der Waals surface area contributed by atoms with Gasteiger partial charge in [0.05, 0.1) is 5.69 Å². The number of hydrogen-bond donors (Lipinski definition) is 1. The number of sulfonamides is 1. The first-order valence-corrected chi connectivity index (χ1v) is 11.4. The van der Waals surface area contributed by atoms with Crippen molar-refractivity contribution in [1.82, 2.24) is 19.7 Å². The van der Waals surface area contributed by atoms with Gasteiger partial charge in [0.1, 0.15) is 12.0 Å². The predicted molar refractivity (Wildman–Crippen MR) is 113 cm³/mol. The Morgan fingerprint density at radius 3 is 2.48 bits per heavy atom. The monoisotopic (exact) mass is 419 g/mol. The normalized spacial score (nSPS) is 17.3. The van der Waals surface area contributed by atoms with E-state index in [0.717, 1.165) is 12.5 Å². The van der Waals surface area contributed by atoms with Crippen LogP contribution in [0.2, 0.25) is 0 Å². The molecule has 29 heavy (non-hydrogen) atoms. The van der Waals surface area contributed by atoms with Gasteiger partial charge in [0.2, 0.25) is 10.0 Å². The number of aliphatic imine (C=N–C) groups is 1. The van der Waals surface area contributed by atoms with Crippen LogP contribution in [0.4, 0.5) is 0 Å². The van der Waals surface area contributed by atoms with Crippen molar-refractivity contribution in [3.05, 3.63) is 53.4 Å². The Balaban J connectivity index is 1.51. The number of nitrogens with zero attached hydrogens (tertiary/aromatic N) is 4. The highest BCUT2D eigenvalue weighted by Gasteiger charge is 2.29. The zero-order chi connectivity index (χ0) is 20.9. The van der Waals surface area contributed by atoms with Crippen molar-refractivity contribution in [3.63, 3.8) is 0 Å². The molecule has 1 aliphatic heterocycles. The van der Waals surface area contributed by atoms with Crippen molar-refractivity contribution in [2.24, 2.45) is 4.99 Å². The summed E-state index contributed by atoms with van der Waals surface area (Å²) in [5.41, 5.74) is 2.96. The molecule has 9 heteroatoms. The minimum Gasteiger partial charge on any atom is -0.364 e. The van der Waals surface area contributed by atoms with Gasteiger partial charge in [-0.25, -0.2) is 8.42 Å². The van der Waals surface area contributed by atoms with Crippen LogP contribution in [0.3, 0.4) is 0 Å². The highest BCUT2D eigenvalue weighted by molar-refractivity contribution is 7.88. The second-order valence-corrected chi connectivity index (χ2v) is 9.34.